The standard InChI is InChI=1S/C19H23FN2O3S2/c1-15-7-9-17(10-8-15)22(27(2,24)25)13-19(23)21-11-12-26-14-16-5-3-4-6-18(16)20/h3-10H,11-14H2,1-2H3,(H,21,23). The lowest BCUT2D eigenvalue weighted by Crippen LogP contribution is -2.41. The number of hydrogen-bond acceptors (Lipinski definition) is 4. The van der Waals surface area contributed by atoms with E-state index >= 15 is 0 Å². The van der Waals surface area contributed by atoms with E-state index in [2.05, 4.69) is 5.32 Å². The first kappa shape index (κ1) is 21.2. The number of sulfonamides is 1. The van der Waals surface area contributed by atoms with Gasteiger partial charge in [0.2, 0.25) is 15.9 Å². The molecule has 0 aliphatic rings. The molecule has 2 aromatic rings. The van der Waals surface area contributed by atoms with Crippen LogP contribution in [0.4, 0.5) is 10.1 Å². The smallest absolute Gasteiger partial charge is 0.240 e. The number of thioether (sulfide) groups is 1. The minimum Gasteiger partial charge on any atom is -0.354 e. The first-order chi connectivity index (χ1) is 12.8. The highest BCUT2D eigenvalue weighted by Crippen LogP contribution is 2.18. The Morgan fingerprint density at radius 2 is 1.81 bits per heavy atom. The second kappa shape index (κ2) is 9.75. The monoisotopic (exact) mass is 410 g/mol. The van der Waals surface area contributed by atoms with Gasteiger partial charge in [0.05, 0.1) is 11.9 Å². The minimum atomic E-state index is -3.58. The lowest BCUT2D eigenvalue weighted by molar-refractivity contribution is -0.119. The van der Waals surface area contributed by atoms with Crippen LogP contribution < -0.4 is 9.62 Å². The molecule has 0 aliphatic heterocycles. The lowest BCUT2D eigenvalue weighted by atomic mass is 10.2. The number of nitrogens with zero attached hydrogens (tertiary/aromatic N) is 1. The van der Waals surface area contributed by atoms with Gasteiger partial charge in [0.25, 0.3) is 0 Å². The summed E-state index contributed by atoms with van der Waals surface area (Å²) in [5, 5.41) is 2.71. The van der Waals surface area contributed by atoms with Gasteiger partial charge in [-0.25, -0.2) is 12.8 Å². The molecule has 0 aromatic heterocycles. The van der Waals surface area contributed by atoms with E-state index < -0.39 is 10.0 Å². The molecule has 0 unspecified atom stereocenters. The molecule has 0 atom stereocenters. The maximum atomic E-state index is 13.5. The van der Waals surface area contributed by atoms with Gasteiger partial charge in [-0.1, -0.05) is 35.9 Å². The Balaban J connectivity index is 1.82. The lowest BCUT2D eigenvalue weighted by Gasteiger charge is -2.22. The van der Waals surface area contributed by atoms with Crippen LogP contribution in [0.15, 0.2) is 48.5 Å². The van der Waals surface area contributed by atoms with E-state index in [0.717, 1.165) is 16.1 Å². The van der Waals surface area contributed by atoms with Gasteiger partial charge >= 0.3 is 0 Å². The zero-order valence-corrected chi connectivity index (χ0v) is 16.9. The number of anilines is 1. The molecular weight excluding hydrogens is 387 g/mol. The van der Waals surface area contributed by atoms with Crippen molar-refractivity contribution in [3.05, 3.63) is 65.5 Å². The highest BCUT2D eigenvalue weighted by Gasteiger charge is 2.20. The SMILES string of the molecule is Cc1ccc(N(CC(=O)NCCSCc2ccccc2F)S(C)(=O)=O)cc1. The summed E-state index contributed by atoms with van der Waals surface area (Å²) < 4.78 is 38.6. The Morgan fingerprint density at radius 1 is 1.15 bits per heavy atom. The normalized spacial score (nSPS) is 11.2. The van der Waals surface area contributed by atoms with E-state index in [1.807, 2.05) is 6.92 Å². The fourth-order valence-corrected chi connectivity index (χ4v) is 4.06. The third-order valence-corrected chi connectivity index (χ3v) is 5.94. The van der Waals surface area contributed by atoms with Gasteiger partial charge in [0.1, 0.15) is 12.4 Å². The summed E-state index contributed by atoms with van der Waals surface area (Å²) in [5.41, 5.74) is 2.08. The summed E-state index contributed by atoms with van der Waals surface area (Å²) in [7, 11) is -3.58. The average Bonchev–Trinajstić information content (AvgIpc) is 2.61. The van der Waals surface area contributed by atoms with Crippen LogP contribution in [0.2, 0.25) is 0 Å². The molecule has 0 fully saturated rings. The number of halogens is 1. The van der Waals surface area contributed by atoms with Crippen LogP contribution in [0.5, 0.6) is 0 Å². The van der Waals surface area contributed by atoms with Crippen molar-refractivity contribution in [1.29, 1.82) is 0 Å². The molecule has 5 nitrogen and oxygen atoms in total. The topological polar surface area (TPSA) is 66.5 Å². The molecule has 1 amide bonds. The number of nitrogens with one attached hydrogen (secondary N) is 1. The molecule has 0 saturated heterocycles. The van der Waals surface area contributed by atoms with Crippen molar-refractivity contribution < 1.29 is 17.6 Å². The molecular formula is C19H23FN2O3S2. The Morgan fingerprint density at radius 3 is 2.44 bits per heavy atom. The minimum absolute atomic E-state index is 0.240. The van der Waals surface area contributed by atoms with Crippen molar-refractivity contribution in [2.24, 2.45) is 0 Å². The first-order valence-corrected chi connectivity index (χ1v) is 11.4. The molecule has 0 spiro atoms. The zero-order chi connectivity index (χ0) is 19.9. The van der Waals surface area contributed by atoms with Gasteiger partial charge in [-0.15, -0.1) is 0 Å². The summed E-state index contributed by atoms with van der Waals surface area (Å²) in [6, 6.07) is 13.5. The van der Waals surface area contributed by atoms with Crippen molar-refractivity contribution in [1.82, 2.24) is 5.32 Å². The molecule has 0 aliphatic carbocycles. The van der Waals surface area contributed by atoms with Crippen LogP contribution in [0, 0.1) is 12.7 Å². The van der Waals surface area contributed by atoms with Crippen LogP contribution in [0.25, 0.3) is 0 Å². The number of aryl methyl sites for hydroxylation is 1. The summed E-state index contributed by atoms with van der Waals surface area (Å²) in [4.78, 5) is 12.1. The van der Waals surface area contributed by atoms with Crippen LogP contribution in [0.3, 0.4) is 0 Å². The number of carbonyl (C=O) groups is 1. The quantitative estimate of drug-likeness (QED) is 0.646. The molecule has 2 aromatic carbocycles. The van der Waals surface area contributed by atoms with Gasteiger partial charge in [0.15, 0.2) is 0 Å². The van der Waals surface area contributed by atoms with E-state index in [-0.39, 0.29) is 18.3 Å². The van der Waals surface area contributed by atoms with Gasteiger partial charge in [-0.3, -0.25) is 9.10 Å². The number of rotatable bonds is 9. The summed E-state index contributed by atoms with van der Waals surface area (Å²) in [6.07, 6.45) is 1.07. The average molecular weight is 411 g/mol. The second-order valence-electron chi connectivity index (χ2n) is 6.10. The van der Waals surface area contributed by atoms with Crippen molar-refractivity contribution >= 4 is 33.4 Å². The second-order valence-corrected chi connectivity index (χ2v) is 9.11. The molecule has 27 heavy (non-hydrogen) atoms. The summed E-state index contributed by atoms with van der Waals surface area (Å²) in [6.45, 7) is 2.00. The molecule has 0 radical (unpaired) electrons. The van der Waals surface area contributed by atoms with Crippen molar-refractivity contribution in [2.75, 3.05) is 29.4 Å². The van der Waals surface area contributed by atoms with Crippen molar-refractivity contribution in [3.8, 4) is 0 Å². The predicted octanol–water partition coefficient (Wildman–Crippen LogP) is 2.95. The number of hydrogen-bond donors (Lipinski definition) is 1. The number of benzene rings is 2. The molecule has 146 valence electrons. The summed E-state index contributed by atoms with van der Waals surface area (Å²) in [5.74, 6) is 0.494. The largest absolute Gasteiger partial charge is 0.354 e. The van der Waals surface area contributed by atoms with Crippen molar-refractivity contribution in [3.63, 3.8) is 0 Å². The van der Waals surface area contributed by atoms with Gasteiger partial charge < -0.3 is 5.32 Å². The summed E-state index contributed by atoms with van der Waals surface area (Å²) >= 11 is 1.50. The van der Waals surface area contributed by atoms with Crippen LogP contribution in [-0.2, 0) is 20.6 Å². The molecule has 1 N–H and O–H groups in total. The van der Waals surface area contributed by atoms with Crippen LogP contribution in [0.1, 0.15) is 11.1 Å². The van der Waals surface area contributed by atoms with Gasteiger partial charge in [-0.2, -0.15) is 11.8 Å². The molecule has 8 heteroatoms. The molecule has 2 rings (SSSR count). The maximum absolute atomic E-state index is 13.5. The van der Waals surface area contributed by atoms with E-state index in [4.69, 9.17) is 0 Å². The Bertz CT molecular complexity index is 871. The fraction of sp³-hybridized carbons (Fsp3) is 0.316. The zero-order valence-electron chi connectivity index (χ0n) is 15.3. The Kier molecular flexibility index (Phi) is 7.67. The first-order valence-electron chi connectivity index (χ1n) is 8.39. The van der Waals surface area contributed by atoms with Crippen LogP contribution in [-0.4, -0.2) is 39.4 Å². The van der Waals surface area contributed by atoms with E-state index in [0.29, 0.717) is 29.3 Å². The molecule has 0 heterocycles. The van der Waals surface area contributed by atoms with Gasteiger partial charge in [-0.05, 0) is 30.7 Å². The predicted molar refractivity (Wildman–Crippen MR) is 109 cm³/mol. The highest BCUT2D eigenvalue weighted by atomic mass is 32.2. The Labute approximate surface area is 164 Å². The number of carbonyl (C=O) groups excluding carboxylic acids is 1. The Hall–Kier alpha value is -2.06. The fourth-order valence-electron chi connectivity index (χ4n) is 2.36. The van der Waals surface area contributed by atoms with Crippen LogP contribution >= 0.6 is 11.8 Å². The third-order valence-electron chi connectivity index (χ3n) is 3.79. The number of amides is 1. The van der Waals surface area contributed by atoms with E-state index in [1.54, 1.807) is 42.5 Å². The molecule has 0 bridgehead atoms. The highest BCUT2D eigenvalue weighted by molar-refractivity contribution is 7.98. The molecule has 0 saturated carbocycles. The third kappa shape index (κ3) is 6.88. The van der Waals surface area contributed by atoms with E-state index in [1.165, 1.54) is 17.8 Å². The maximum Gasteiger partial charge on any atom is 0.240 e. The van der Waals surface area contributed by atoms with Crippen molar-refractivity contribution in [2.45, 2.75) is 12.7 Å². The van der Waals surface area contributed by atoms with Gasteiger partial charge in [0, 0.05) is 18.1 Å². The van der Waals surface area contributed by atoms with E-state index in [9.17, 15) is 17.6 Å².